The first kappa shape index (κ1) is 40.3. The van der Waals surface area contributed by atoms with Crippen LogP contribution < -0.4 is 10.6 Å². The third kappa shape index (κ3) is 7.13. The molecule has 4 heterocycles. The zero-order valence-electron chi connectivity index (χ0n) is 35.9. The number of aromatic nitrogens is 2. The average Bonchev–Trinajstić information content (AvgIpc) is 4.17. The number of carbonyl (C=O) groups excluding carboxylic acids is 4. The van der Waals surface area contributed by atoms with E-state index >= 15 is 0 Å². The number of nitrogens with one attached hydrogen (secondary N) is 3. The lowest BCUT2D eigenvalue weighted by atomic mass is 9.89. The molecule has 5 aromatic carbocycles. The van der Waals surface area contributed by atoms with Crippen molar-refractivity contribution >= 4 is 68.0 Å². The van der Waals surface area contributed by atoms with E-state index in [0.29, 0.717) is 24.4 Å². The first-order valence-corrected chi connectivity index (χ1v) is 22.0. The number of benzene rings is 5. The molecule has 6 aromatic rings. The lowest BCUT2D eigenvalue weighted by Crippen LogP contribution is -2.57. The highest BCUT2D eigenvalue weighted by atomic mass is 16.5. The van der Waals surface area contributed by atoms with Gasteiger partial charge in [-0.2, -0.15) is 0 Å². The summed E-state index contributed by atoms with van der Waals surface area (Å²) in [6, 6.07) is 29.0. The van der Waals surface area contributed by atoms with Crippen molar-refractivity contribution in [2.75, 3.05) is 20.8 Å². The lowest BCUT2D eigenvalue weighted by molar-refractivity contribution is -0.137. The van der Waals surface area contributed by atoms with Gasteiger partial charge in [-0.05, 0) is 107 Å². The quantitative estimate of drug-likeness (QED) is 0.131. The highest BCUT2D eigenvalue weighted by molar-refractivity contribution is 6.08. The van der Waals surface area contributed by atoms with Crippen molar-refractivity contribution in [2.45, 2.75) is 82.6 Å². The van der Waals surface area contributed by atoms with Crippen molar-refractivity contribution in [3.63, 3.8) is 0 Å². The number of ether oxygens (including phenoxy) is 2. The summed E-state index contributed by atoms with van der Waals surface area (Å²) < 4.78 is 9.74. The zero-order chi connectivity index (χ0) is 43.5. The SMILES string of the molecule is COC(=O)N[C@H](C(=O)N1[C@H]2CC[C@H](C2)[C@H]1C1=Nc2ccc3cc(-c4ccc5c(ccc6[nH]c([C@@H]7CCCN7C(=O)[C@H](NC(=O)OC)c7ccccc7)nc65)c4)ccc3c2C1)C(C)C. The largest absolute Gasteiger partial charge is 0.453 e. The van der Waals surface area contributed by atoms with E-state index in [2.05, 4.69) is 76.3 Å². The molecular formula is C50H51N7O6. The molecule has 63 heavy (non-hydrogen) atoms. The van der Waals surface area contributed by atoms with Crippen molar-refractivity contribution in [1.29, 1.82) is 0 Å². The average molecular weight is 846 g/mol. The number of aliphatic imine (C=N–C) groups is 1. The molecule has 0 unspecified atom stereocenters. The molecule has 1 saturated carbocycles. The van der Waals surface area contributed by atoms with Gasteiger partial charge in [-0.3, -0.25) is 14.6 Å². The van der Waals surface area contributed by atoms with E-state index in [1.54, 1.807) is 0 Å². The number of likely N-dealkylation sites (tertiary alicyclic amines) is 2. The van der Waals surface area contributed by atoms with E-state index in [-0.39, 0.29) is 35.9 Å². The van der Waals surface area contributed by atoms with Gasteiger partial charge >= 0.3 is 12.2 Å². The van der Waals surface area contributed by atoms with Crippen LogP contribution in [0.5, 0.6) is 0 Å². The minimum absolute atomic E-state index is 0.0550. The number of nitrogens with zero attached hydrogens (tertiary/aromatic N) is 4. The smallest absolute Gasteiger partial charge is 0.407 e. The lowest BCUT2D eigenvalue weighted by Gasteiger charge is -2.38. The summed E-state index contributed by atoms with van der Waals surface area (Å²) in [5, 5.41) is 9.90. The highest BCUT2D eigenvalue weighted by Crippen LogP contribution is 2.47. The fourth-order valence-electron chi connectivity index (χ4n) is 10.7. The molecule has 6 atom stereocenters. The number of hydrogen-bond acceptors (Lipinski definition) is 8. The first-order valence-electron chi connectivity index (χ1n) is 22.0. The third-order valence-electron chi connectivity index (χ3n) is 13.8. The van der Waals surface area contributed by atoms with Gasteiger partial charge in [0.05, 0.1) is 43.0 Å². The van der Waals surface area contributed by atoms with Gasteiger partial charge in [0, 0.05) is 30.1 Å². The molecule has 3 fully saturated rings. The van der Waals surface area contributed by atoms with Gasteiger partial charge in [0.15, 0.2) is 0 Å². The predicted octanol–water partition coefficient (Wildman–Crippen LogP) is 8.69. The second-order valence-corrected chi connectivity index (χ2v) is 17.7. The van der Waals surface area contributed by atoms with Crippen LogP contribution in [-0.4, -0.2) is 88.4 Å². The maximum atomic E-state index is 14.2. The number of carbonyl (C=O) groups is 4. The molecule has 4 amide bonds. The predicted molar refractivity (Wildman–Crippen MR) is 242 cm³/mol. The van der Waals surface area contributed by atoms with Crippen molar-refractivity contribution in [3.8, 4) is 11.1 Å². The van der Waals surface area contributed by atoms with Crippen LogP contribution in [-0.2, 0) is 25.5 Å². The van der Waals surface area contributed by atoms with Gasteiger partial charge in [0.2, 0.25) is 5.91 Å². The molecule has 2 saturated heterocycles. The Labute approximate surface area is 365 Å². The summed E-state index contributed by atoms with van der Waals surface area (Å²) in [4.78, 5) is 70.5. The minimum atomic E-state index is -0.887. The summed E-state index contributed by atoms with van der Waals surface area (Å²) in [7, 11) is 2.61. The normalized spacial score (nSPS) is 21.2. The molecule has 3 N–H and O–H groups in total. The summed E-state index contributed by atoms with van der Waals surface area (Å²) >= 11 is 0. The van der Waals surface area contributed by atoms with Crippen LogP contribution in [0.2, 0.25) is 0 Å². The van der Waals surface area contributed by atoms with E-state index in [9.17, 15) is 19.2 Å². The van der Waals surface area contributed by atoms with Crippen LogP contribution in [0.1, 0.15) is 75.0 Å². The topological polar surface area (TPSA) is 158 Å². The van der Waals surface area contributed by atoms with Crippen LogP contribution in [0.4, 0.5) is 15.3 Å². The van der Waals surface area contributed by atoms with Crippen molar-refractivity contribution in [1.82, 2.24) is 30.4 Å². The maximum Gasteiger partial charge on any atom is 0.407 e. The second kappa shape index (κ2) is 16.2. The number of fused-ring (bicyclic) bond motifs is 8. The van der Waals surface area contributed by atoms with E-state index in [4.69, 9.17) is 19.5 Å². The molecule has 0 radical (unpaired) electrons. The monoisotopic (exact) mass is 845 g/mol. The first-order chi connectivity index (χ1) is 30.6. The fourth-order valence-corrected chi connectivity index (χ4v) is 10.7. The number of aromatic amines is 1. The minimum Gasteiger partial charge on any atom is -0.453 e. The maximum absolute atomic E-state index is 14.2. The van der Waals surface area contributed by atoms with Crippen molar-refractivity contribution in [2.24, 2.45) is 16.8 Å². The van der Waals surface area contributed by atoms with Crippen LogP contribution >= 0.6 is 0 Å². The van der Waals surface area contributed by atoms with Gasteiger partial charge in [0.25, 0.3) is 5.91 Å². The van der Waals surface area contributed by atoms with E-state index in [1.165, 1.54) is 19.8 Å². The van der Waals surface area contributed by atoms with Crippen molar-refractivity contribution < 1.29 is 28.7 Å². The second-order valence-electron chi connectivity index (χ2n) is 17.7. The summed E-state index contributed by atoms with van der Waals surface area (Å²) in [5.41, 5.74) is 7.79. The van der Waals surface area contributed by atoms with Gasteiger partial charge in [-0.15, -0.1) is 0 Å². The van der Waals surface area contributed by atoms with E-state index in [1.807, 2.05) is 54.0 Å². The molecule has 3 aliphatic heterocycles. The van der Waals surface area contributed by atoms with E-state index in [0.717, 1.165) is 93.0 Å². The summed E-state index contributed by atoms with van der Waals surface area (Å²) in [6.07, 6.45) is 3.99. The number of piperidine rings is 1. The molecule has 4 aliphatic rings. The molecule has 322 valence electrons. The van der Waals surface area contributed by atoms with Crippen LogP contribution in [0.3, 0.4) is 0 Å². The molecule has 1 aromatic heterocycles. The third-order valence-corrected chi connectivity index (χ3v) is 13.8. The van der Waals surface area contributed by atoms with Crippen LogP contribution in [0.25, 0.3) is 43.7 Å². The Balaban J connectivity index is 0.892. The Morgan fingerprint density at radius 2 is 1.51 bits per heavy atom. The zero-order valence-corrected chi connectivity index (χ0v) is 35.9. The molecule has 13 heteroatoms. The number of hydrogen-bond donors (Lipinski definition) is 3. The Kier molecular flexibility index (Phi) is 10.4. The molecule has 13 nitrogen and oxygen atoms in total. The number of rotatable bonds is 9. The number of methoxy groups -OCH3 is 2. The Morgan fingerprint density at radius 1 is 0.794 bits per heavy atom. The number of amides is 4. The van der Waals surface area contributed by atoms with Crippen LogP contribution in [0.15, 0.2) is 96.0 Å². The van der Waals surface area contributed by atoms with E-state index < -0.39 is 24.3 Å². The van der Waals surface area contributed by atoms with Gasteiger partial charge < -0.3 is 34.9 Å². The number of alkyl carbamates (subject to hydrolysis) is 2. The molecule has 1 aliphatic carbocycles. The number of H-pyrrole nitrogens is 1. The fraction of sp³-hybridized carbons (Fsp3) is 0.360. The van der Waals surface area contributed by atoms with Crippen molar-refractivity contribution in [3.05, 3.63) is 108 Å². The molecular weight excluding hydrogens is 795 g/mol. The molecule has 10 rings (SSSR count). The molecule has 2 bridgehead atoms. The number of imidazole rings is 1. The highest BCUT2D eigenvalue weighted by Gasteiger charge is 2.52. The Bertz CT molecular complexity index is 2840. The summed E-state index contributed by atoms with van der Waals surface area (Å²) in [6.45, 7) is 4.45. The Hall–Kier alpha value is -6.76. The van der Waals surface area contributed by atoms with Crippen LogP contribution in [0, 0.1) is 11.8 Å². The van der Waals surface area contributed by atoms with Gasteiger partial charge in [-0.1, -0.05) is 80.6 Å². The Morgan fingerprint density at radius 3 is 2.25 bits per heavy atom. The van der Waals surface area contributed by atoms with Gasteiger partial charge in [0.1, 0.15) is 17.9 Å². The summed E-state index contributed by atoms with van der Waals surface area (Å²) in [5.74, 6) is 0.726. The molecule has 0 spiro atoms. The standard InChI is InChI=1S/C50H51N7O6/c1-27(2)42(54-49(60)62-3)48(59)57-34-17-12-33(25-34)45(57)40-26-37-35-18-13-29(23-31(35)15-20-38(37)51-40)30-14-19-36-32(24-30)16-21-39-44(36)53-46(52-39)41-11-8-22-56(41)47(58)43(55-50(61)63-4)28-9-6-5-7-10-28/h5-7,9-10,13-16,18-21,23-24,27,33-34,41-43,45H,8,11-12,17,22,25-26H2,1-4H3,(H,52,53)(H,54,60)(H,55,61)/t33-,34+,41+,42+,43-,45+/m1/s1. The van der Waals surface area contributed by atoms with Gasteiger partial charge in [-0.25, -0.2) is 14.6 Å².